The van der Waals surface area contributed by atoms with Gasteiger partial charge in [-0.1, -0.05) is 130 Å². The van der Waals surface area contributed by atoms with Crippen molar-refractivity contribution in [2.75, 3.05) is 29.9 Å². The Bertz CT molecular complexity index is 1530. The molecule has 0 radical (unpaired) electrons. The molecule has 0 fully saturated rings. The first-order valence-electron chi connectivity index (χ1n) is 17.3. The maximum absolute atomic E-state index is 2.46. The Morgan fingerprint density at radius 2 is 1.05 bits per heavy atom. The van der Waals surface area contributed by atoms with Crippen molar-refractivity contribution in [3.8, 4) is 11.1 Å². The van der Waals surface area contributed by atoms with E-state index in [0.29, 0.717) is 0 Å². The molecule has 1 aliphatic carbocycles. The third-order valence-electron chi connectivity index (χ3n) is 7.43. The Kier molecular flexibility index (Phi) is 17.6. The number of nitrogens with zero attached hydrogens (tertiary/aromatic N) is 2. The van der Waals surface area contributed by atoms with E-state index in [1.807, 2.05) is 69.2 Å². The van der Waals surface area contributed by atoms with Crippen LogP contribution in [0.1, 0.15) is 94.2 Å². The number of benzene rings is 5. The Morgan fingerprint density at radius 1 is 0.523 bits per heavy atom. The Hall–Kier alpha value is -3.78. The van der Waals surface area contributed by atoms with Crippen LogP contribution < -0.4 is 9.80 Å². The molecule has 238 valence electrons. The maximum atomic E-state index is 2.46. The molecule has 0 atom stereocenters. The van der Waals surface area contributed by atoms with E-state index in [2.05, 4.69) is 122 Å². The number of fused-ring (bicyclic) bond motifs is 6. The second kappa shape index (κ2) is 20.2. The molecule has 0 saturated carbocycles. The average Bonchev–Trinajstić information content (AvgIpc) is 3.51. The van der Waals surface area contributed by atoms with Gasteiger partial charge in [0.2, 0.25) is 0 Å². The molecule has 5 aromatic carbocycles. The summed E-state index contributed by atoms with van der Waals surface area (Å²) in [6.07, 6.45) is 1.02. The first-order valence-corrected chi connectivity index (χ1v) is 17.3. The van der Waals surface area contributed by atoms with E-state index >= 15 is 0 Å². The summed E-state index contributed by atoms with van der Waals surface area (Å²) in [6, 6.07) is 33.9. The summed E-state index contributed by atoms with van der Waals surface area (Å²) in [5.74, 6) is 0. The zero-order valence-electron chi connectivity index (χ0n) is 30.2. The van der Waals surface area contributed by atoms with Crippen LogP contribution in [0.15, 0.2) is 91.0 Å². The van der Waals surface area contributed by atoms with Gasteiger partial charge in [0.1, 0.15) is 0 Å². The average molecular weight is 593 g/mol. The molecule has 0 unspecified atom stereocenters. The number of anilines is 3. The predicted octanol–water partition coefficient (Wildman–Crippen LogP) is 13.3. The van der Waals surface area contributed by atoms with Crippen molar-refractivity contribution in [2.24, 2.45) is 0 Å². The van der Waals surface area contributed by atoms with Gasteiger partial charge in [0.05, 0.1) is 0 Å². The molecule has 0 saturated heterocycles. The second-order valence-electron chi connectivity index (χ2n) is 9.28. The van der Waals surface area contributed by atoms with Crippen molar-refractivity contribution < 1.29 is 0 Å². The normalized spacial score (nSPS) is 10.0. The lowest BCUT2D eigenvalue weighted by atomic mass is 9.99. The van der Waals surface area contributed by atoms with Crippen molar-refractivity contribution >= 4 is 38.6 Å². The summed E-state index contributed by atoms with van der Waals surface area (Å²) in [4.78, 5) is 4.74. The highest BCUT2D eigenvalue weighted by atomic mass is 15.1. The van der Waals surface area contributed by atoms with Gasteiger partial charge in [0, 0.05) is 42.8 Å². The molecule has 1 aliphatic rings. The van der Waals surface area contributed by atoms with Crippen LogP contribution in [0, 0.1) is 0 Å². The summed E-state index contributed by atoms with van der Waals surface area (Å²) in [6.45, 7) is 26.4. The van der Waals surface area contributed by atoms with Crippen LogP contribution in [0.4, 0.5) is 17.1 Å². The van der Waals surface area contributed by atoms with Crippen molar-refractivity contribution in [2.45, 2.75) is 89.5 Å². The van der Waals surface area contributed by atoms with Crippen LogP contribution in [0.2, 0.25) is 0 Å². The zero-order valence-corrected chi connectivity index (χ0v) is 30.2. The SMILES string of the molecule is CC.CC.CC.CC.CC.CCN(C)c1ccc2c(ccc3cc(N(CC)c4cccc5c4-c4ccccc4C5)ccc32)c1. The minimum absolute atomic E-state index is 0.921. The van der Waals surface area contributed by atoms with E-state index in [4.69, 9.17) is 0 Å². The summed E-state index contributed by atoms with van der Waals surface area (Å²) in [7, 11) is 2.15. The highest BCUT2D eigenvalue weighted by Gasteiger charge is 2.23. The Morgan fingerprint density at radius 3 is 1.61 bits per heavy atom. The van der Waals surface area contributed by atoms with Gasteiger partial charge in [-0.3, -0.25) is 0 Å². The van der Waals surface area contributed by atoms with Crippen LogP contribution in [-0.4, -0.2) is 20.1 Å². The van der Waals surface area contributed by atoms with Gasteiger partial charge in [-0.2, -0.15) is 0 Å². The third kappa shape index (κ3) is 8.23. The van der Waals surface area contributed by atoms with Crippen molar-refractivity contribution in [3.63, 3.8) is 0 Å². The van der Waals surface area contributed by atoms with Crippen molar-refractivity contribution in [1.82, 2.24) is 0 Å². The molecule has 0 bridgehead atoms. The highest BCUT2D eigenvalue weighted by Crippen LogP contribution is 2.45. The topological polar surface area (TPSA) is 6.48 Å². The van der Waals surface area contributed by atoms with E-state index in [0.717, 1.165) is 19.5 Å². The Balaban J connectivity index is 0.000000884. The molecular formula is C42H60N2. The summed E-state index contributed by atoms with van der Waals surface area (Å²) in [5, 5.41) is 5.21. The Labute approximate surface area is 270 Å². The van der Waals surface area contributed by atoms with Crippen LogP contribution in [0.5, 0.6) is 0 Å². The summed E-state index contributed by atoms with van der Waals surface area (Å²) in [5.41, 5.74) is 9.45. The monoisotopic (exact) mass is 592 g/mol. The molecular weight excluding hydrogens is 532 g/mol. The first kappa shape index (κ1) is 38.2. The van der Waals surface area contributed by atoms with E-state index < -0.39 is 0 Å². The largest absolute Gasteiger partial charge is 0.375 e. The quantitative estimate of drug-likeness (QED) is 0.184. The van der Waals surface area contributed by atoms with E-state index in [9.17, 15) is 0 Å². The van der Waals surface area contributed by atoms with Crippen molar-refractivity contribution in [3.05, 3.63) is 102 Å². The summed E-state index contributed by atoms with van der Waals surface area (Å²) < 4.78 is 0. The molecule has 5 aromatic rings. The van der Waals surface area contributed by atoms with Crippen LogP contribution in [0.25, 0.3) is 32.7 Å². The van der Waals surface area contributed by atoms with Gasteiger partial charge in [-0.15, -0.1) is 0 Å². The number of hydrogen-bond donors (Lipinski definition) is 0. The number of rotatable bonds is 5. The fourth-order valence-electron chi connectivity index (χ4n) is 5.52. The van der Waals surface area contributed by atoms with Gasteiger partial charge >= 0.3 is 0 Å². The van der Waals surface area contributed by atoms with Crippen molar-refractivity contribution in [1.29, 1.82) is 0 Å². The summed E-state index contributed by atoms with van der Waals surface area (Å²) >= 11 is 0. The first-order chi connectivity index (χ1) is 21.7. The maximum Gasteiger partial charge on any atom is 0.0493 e. The molecule has 0 aliphatic heterocycles. The highest BCUT2D eigenvalue weighted by molar-refractivity contribution is 6.09. The molecule has 0 heterocycles. The minimum Gasteiger partial charge on any atom is -0.375 e. The molecule has 0 spiro atoms. The molecule has 44 heavy (non-hydrogen) atoms. The van der Waals surface area contributed by atoms with Gasteiger partial charge in [0.25, 0.3) is 0 Å². The lowest BCUT2D eigenvalue weighted by Gasteiger charge is -2.27. The lowest BCUT2D eigenvalue weighted by molar-refractivity contribution is 0.970. The smallest absolute Gasteiger partial charge is 0.0493 e. The zero-order chi connectivity index (χ0) is 33.2. The van der Waals surface area contributed by atoms with E-state index in [1.54, 1.807) is 0 Å². The van der Waals surface area contributed by atoms with Gasteiger partial charge < -0.3 is 9.80 Å². The molecule has 0 aromatic heterocycles. The van der Waals surface area contributed by atoms with Crippen LogP contribution in [-0.2, 0) is 6.42 Å². The van der Waals surface area contributed by atoms with Crippen LogP contribution >= 0.6 is 0 Å². The van der Waals surface area contributed by atoms with Gasteiger partial charge in [0.15, 0.2) is 0 Å². The predicted molar refractivity (Wildman–Crippen MR) is 205 cm³/mol. The van der Waals surface area contributed by atoms with E-state index in [1.165, 1.54) is 60.9 Å². The standard InChI is InChI=1S/C32H30N2.5C2H6/c1-4-33(3)26-15-17-28-23(20-26)13-14-24-21-27(16-18-29(24)28)34(5-2)31-12-8-10-25-19-22-9-6-7-11-30(22)32(25)31;5*1-2/h6-18,20-21H,4-5,19H2,1-3H3;5*1-2H3. The van der Waals surface area contributed by atoms with Gasteiger partial charge in [-0.25, -0.2) is 0 Å². The molecule has 2 heteroatoms. The molecule has 2 nitrogen and oxygen atoms in total. The fraction of sp³-hybridized carbons (Fsp3) is 0.381. The molecule has 6 rings (SSSR count). The molecule has 0 amide bonds. The fourth-order valence-corrected chi connectivity index (χ4v) is 5.52. The third-order valence-corrected chi connectivity index (χ3v) is 7.43. The van der Waals surface area contributed by atoms with Crippen LogP contribution in [0.3, 0.4) is 0 Å². The number of hydrogen-bond acceptors (Lipinski definition) is 2. The van der Waals surface area contributed by atoms with Gasteiger partial charge in [-0.05, 0) is 88.8 Å². The molecule has 0 N–H and O–H groups in total. The second-order valence-corrected chi connectivity index (χ2v) is 9.28. The minimum atomic E-state index is 0.921. The van der Waals surface area contributed by atoms with E-state index in [-0.39, 0.29) is 0 Å². The lowest BCUT2D eigenvalue weighted by Crippen LogP contribution is -2.17.